The zero-order valence-corrected chi connectivity index (χ0v) is 10.7. The van der Waals surface area contributed by atoms with Gasteiger partial charge in [-0.25, -0.2) is 0 Å². The minimum absolute atomic E-state index is 0.0844. The lowest BCUT2D eigenvalue weighted by Crippen LogP contribution is -2.30. The molecular weight excluding hydrogens is 210 g/mol. The van der Waals surface area contributed by atoms with E-state index < -0.39 is 0 Å². The van der Waals surface area contributed by atoms with Crippen molar-refractivity contribution in [2.45, 2.75) is 19.8 Å². The fourth-order valence-electron chi connectivity index (χ4n) is 2.25. The second-order valence-electron chi connectivity index (χ2n) is 5.30. The summed E-state index contributed by atoms with van der Waals surface area (Å²) in [4.78, 5) is 14.4. The standard InChI is InChI=1S/C15H21NO/c1-12(10-16(2)11-13-8-9-13)15(17)14-6-4-3-5-7-14/h3-7,12-13H,8-11H2,1-2H3. The predicted octanol–water partition coefficient (Wildman–Crippen LogP) is 2.85. The SMILES string of the molecule is CC(CN(C)CC1CC1)C(=O)c1ccccc1. The Labute approximate surface area is 104 Å². The molecule has 0 aliphatic heterocycles. The number of carbonyl (C=O) groups is 1. The average molecular weight is 231 g/mol. The van der Waals surface area contributed by atoms with E-state index in [2.05, 4.69) is 11.9 Å². The van der Waals surface area contributed by atoms with Crippen LogP contribution in [-0.2, 0) is 0 Å². The van der Waals surface area contributed by atoms with Crippen molar-refractivity contribution in [2.24, 2.45) is 11.8 Å². The molecule has 1 aliphatic rings. The van der Waals surface area contributed by atoms with Gasteiger partial charge in [-0.1, -0.05) is 37.3 Å². The van der Waals surface area contributed by atoms with Gasteiger partial charge in [0.15, 0.2) is 5.78 Å². The zero-order chi connectivity index (χ0) is 12.3. The van der Waals surface area contributed by atoms with Gasteiger partial charge in [0.25, 0.3) is 0 Å². The van der Waals surface area contributed by atoms with E-state index >= 15 is 0 Å². The van der Waals surface area contributed by atoms with Gasteiger partial charge in [0, 0.05) is 24.6 Å². The largest absolute Gasteiger partial charge is 0.305 e. The van der Waals surface area contributed by atoms with Gasteiger partial charge in [-0.3, -0.25) is 4.79 Å². The summed E-state index contributed by atoms with van der Waals surface area (Å²) in [6, 6.07) is 9.60. The number of nitrogens with zero attached hydrogens (tertiary/aromatic N) is 1. The molecular formula is C15H21NO. The average Bonchev–Trinajstić information content (AvgIpc) is 3.12. The molecule has 92 valence electrons. The molecule has 2 rings (SSSR count). The molecule has 1 aliphatic carbocycles. The van der Waals surface area contributed by atoms with E-state index in [4.69, 9.17) is 0 Å². The third kappa shape index (κ3) is 3.67. The molecule has 0 radical (unpaired) electrons. The van der Waals surface area contributed by atoms with E-state index in [1.54, 1.807) is 0 Å². The summed E-state index contributed by atoms with van der Waals surface area (Å²) in [6.45, 7) is 4.04. The normalized spacial score (nSPS) is 17.1. The Hall–Kier alpha value is -1.15. The second kappa shape index (κ2) is 5.46. The third-order valence-electron chi connectivity index (χ3n) is 3.36. The molecule has 2 nitrogen and oxygen atoms in total. The van der Waals surface area contributed by atoms with E-state index in [-0.39, 0.29) is 11.7 Å². The molecule has 1 saturated carbocycles. The number of ketones is 1. The minimum Gasteiger partial charge on any atom is -0.305 e. The molecule has 17 heavy (non-hydrogen) atoms. The van der Waals surface area contributed by atoms with Gasteiger partial charge < -0.3 is 4.90 Å². The third-order valence-corrected chi connectivity index (χ3v) is 3.36. The highest BCUT2D eigenvalue weighted by atomic mass is 16.1. The Bertz CT molecular complexity index is 370. The van der Waals surface area contributed by atoms with Gasteiger partial charge in [-0.05, 0) is 25.8 Å². The predicted molar refractivity (Wildman–Crippen MR) is 70.2 cm³/mol. The fourth-order valence-corrected chi connectivity index (χ4v) is 2.25. The minimum atomic E-state index is 0.0844. The number of benzene rings is 1. The van der Waals surface area contributed by atoms with Crippen molar-refractivity contribution in [2.75, 3.05) is 20.1 Å². The molecule has 1 unspecified atom stereocenters. The quantitative estimate of drug-likeness (QED) is 0.702. The van der Waals surface area contributed by atoms with Crippen LogP contribution in [0.2, 0.25) is 0 Å². The Kier molecular flexibility index (Phi) is 3.95. The summed E-state index contributed by atoms with van der Waals surface area (Å²) in [5, 5.41) is 0. The van der Waals surface area contributed by atoms with Gasteiger partial charge in [-0.15, -0.1) is 0 Å². The van der Waals surface area contributed by atoms with E-state index in [9.17, 15) is 4.79 Å². The summed E-state index contributed by atoms with van der Waals surface area (Å²) in [6.07, 6.45) is 2.73. The Morgan fingerprint density at radius 2 is 2.00 bits per heavy atom. The molecule has 0 saturated heterocycles. The van der Waals surface area contributed by atoms with Crippen molar-refractivity contribution < 1.29 is 4.79 Å². The first-order chi connectivity index (χ1) is 8.16. The molecule has 2 heteroatoms. The van der Waals surface area contributed by atoms with Crippen molar-refractivity contribution in [3.8, 4) is 0 Å². The number of carbonyl (C=O) groups excluding carboxylic acids is 1. The maximum atomic E-state index is 12.2. The Balaban J connectivity index is 1.86. The summed E-state index contributed by atoms with van der Waals surface area (Å²) >= 11 is 0. The van der Waals surface area contributed by atoms with Gasteiger partial charge >= 0.3 is 0 Å². The lowest BCUT2D eigenvalue weighted by atomic mass is 9.99. The highest BCUT2D eigenvalue weighted by Crippen LogP contribution is 2.29. The van der Waals surface area contributed by atoms with Crippen LogP contribution in [-0.4, -0.2) is 30.8 Å². The molecule has 0 aromatic heterocycles. The summed E-state index contributed by atoms with van der Waals surface area (Å²) in [5.74, 6) is 1.23. The van der Waals surface area contributed by atoms with Gasteiger partial charge in [0.1, 0.15) is 0 Å². The first-order valence-corrected chi connectivity index (χ1v) is 6.44. The van der Waals surface area contributed by atoms with Crippen molar-refractivity contribution in [1.29, 1.82) is 0 Å². The lowest BCUT2D eigenvalue weighted by Gasteiger charge is -2.20. The summed E-state index contributed by atoms with van der Waals surface area (Å²) in [7, 11) is 2.12. The van der Waals surface area contributed by atoms with E-state index in [1.165, 1.54) is 12.8 Å². The molecule has 0 N–H and O–H groups in total. The van der Waals surface area contributed by atoms with Crippen molar-refractivity contribution in [3.05, 3.63) is 35.9 Å². The smallest absolute Gasteiger partial charge is 0.166 e. The molecule has 0 amide bonds. The second-order valence-corrected chi connectivity index (χ2v) is 5.30. The van der Waals surface area contributed by atoms with Crippen LogP contribution in [0, 0.1) is 11.8 Å². The molecule has 1 aromatic carbocycles. The van der Waals surface area contributed by atoms with E-state index in [0.717, 1.165) is 24.6 Å². The maximum Gasteiger partial charge on any atom is 0.166 e. The maximum absolute atomic E-state index is 12.2. The number of Topliss-reactive ketones (excluding diaryl/α,β-unsaturated/α-hetero) is 1. The number of hydrogen-bond donors (Lipinski definition) is 0. The van der Waals surface area contributed by atoms with Crippen molar-refractivity contribution in [1.82, 2.24) is 4.90 Å². The van der Waals surface area contributed by atoms with E-state index in [1.807, 2.05) is 37.3 Å². The number of rotatable bonds is 6. The van der Waals surface area contributed by atoms with Crippen molar-refractivity contribution in [3.63, 3.8) is 0 Å². The Morgan fingerprint density at radius 3 is 2.59 bits per heavy atom. The van der Waals surface area contributed by atoms with Crippen LogP contribution in [0.5, 0.6) is 0 Å². The Morgan fingerprint density at radius 1 is 1.35 bits per heavy atom. The van der Waals surface area contributed by atoms with E-state index in [0.29, 0.717) is 0 Å². The molecule has 0 heterocycles. The highest BCUT2D eigenvalue weighted by Gasteiger charge is 2.24. The highest BCUT2D eigenvalue weighted by molar-refractivity contribution is 5.97. The zero-order valence-electron chi connectivity index (χ0n) is 10.7. The van der Waals surface area contributed by atoms with Crippen LogP contribution in [0.15, 0.2) is 30.3 Å². The topological polar surface area (TPSA) is 20.3 Å². The summed E-state index contributed by atoms with van der Waals surface area (Å²) in [5.41, 5.74) is 0.833. The van der Waals surface area contributed by atoms with Gasteiger partial charge in [-0.2, -0.15) is 0 Å². The summed E-state index contributed by atoms with van der Waals surface area (Å²) < 4.78 is 0. The van der Waals surface area contributed by atoms with Crippen LogP contribution in [0.25, 0.3) is 0 Å². The molecule has 0 spiro atoms. The fraction of sp³-hybridized carbons (Fsp3) is 0.533. The monoisotopic (exact) mass is 231 g/mol. The van der Waals surface area contributed by atoms with Gasteiger partial charge in [0.2, 0.25) is 0 Å². The van der Waals surface area contributed by atoms with Crippen molar-refractivity contribution >= 4 is 5.78 Å². The van der Waals surface area contributed by atoms with Crippen LogP contribution in [0.1, 0.15) is 30.1 Å². The number of hydrogen-bond acceptors (Lipinski definition) is 2. The van der Waals surface area contributed by atoms with Crippen LogP contribution < -0.4 is 0 Å². The van der Waals surface area contributed by atoms with Crippen LogP contribution in [0.3, 0.4) is 0 Å². The molecule has 1 aromatic rings. The lowest BCUT2D eigenvalue weighted by molar-refractivity contribution is 0.0902. The molecule has 1 atom stereocenters. The molecule has 0 bridgehead atoms. The molecule has 1 fully saturated rings. The van der Waals surface area contributed by atoms with Crippen LogP contribution >= 0.6 is 0 Å². The first kappa shape index (κ1) is 12.3. The first-order valence-electron chi connectivity index (χ1n) is 6.44. The van der Waals surface area contributed by atoms with Crippen LogP contribution in [0.4, 0.5) is 0 Å². The van der Waals surface area contributed by atoms with Gasteiger partial charge in [0.05, 0.1) is 0 Å².